The number of aromatic nitrogens is 2. The lowest BCUT2D eigenvalue weighted by atomic mass is 10.1. The molecule has 0 radical (unpaired) electrons. The Bertz CT molecular complexity index is 706. The van der Waals surface area contributed by atoms with Crippen molar-refractivity contribution in [1.82, 2.24) is 15.1 Å². The minimum absolute atomic E-state index is 0.0171. The molecule has 2 aromatic rings. The van der Waals surface area contributed by atoms with Crippen LogP contribution in [0.25, 0.3) is 0 Å². The molecule has 5 nitrogen and oxygen atoms in total. The zero-order valence-electron chi connectivity index (χ0n) is 13.1. The maximum Gasteiger partial charge on any atom is 0.255 e. The number of hydrogen-bond donors (Lipinski definition) is 2. The first-order valence-electron chi connectivity index (χ1n) is 7.83. The van der Waals surface area contributed by atoms with Gasteiger partial charge in [0.2, 0.25) is 0 Å². The molecule has 2 N–H and O–H groups in total. The fourth-order valence-electron chi connectivity index (χ4n) is 2.85. The second-order valence-corrected chi connectivity index (χ2v) is 5.93. The second-order valence-electron chi connectivity index (χ2n) is 5.93. The number of benzene rings is 1. The van der Waals surface area contributed by atoms with Gasteiger partial charge in [0.05, 0.1) is 18.3 Å². The monoisotopic (exact) mass is 311 g/mol. The van der Waals surface area contributed by atoms with E-state index >= 15 is 0 Å². The smallest absolute Gasteiger partial charge is 0.255 e. The Hall–Kier alpha value is -2.40. The fourth-order valence-corrected chi connectivity index (χ4v) is 2.85. The Labute approximate surface area is 135 Å². The number of nitrogens with one attached hydrogen (secondary N) is 1. The van der Waals surface area contributed by atoms with Gasteiger partial charge in [-0.3, -0.25) is 9.48 Å². The van der Waals surface area contributed by atoms with E-state index in [2.05, 4.69) is 10.4 Å². The van der Waals surface area contributed by atoms with Crippen LogP contribution < -0.4 is 5.32 Å². The van der Waals surface area contributed by atoms with E-state index in [1.165, 1.54) is 0 Å². The molecule has 3 rings (SSSR count). The van der Waals surface area contributed by atoms with E-state index < -0.39 is 0 Å². The Morgan fingerprint density at radius 1 is 1.35 bits per heavy atom. The standard InChI is InChI=1S/C18H21N3O2/c1-13-17(18(23)20-16-8-7-15(9-16)12-22)10-19-21(13)11-14-5-3-2-4-6-14/h2-8,10,15-16,22H,9,11-12H2,1H3,(H,20,23)/t15-,16+/m0/s1. The van der Waals surface area contributed by atoms with Crippen molar-refractivity contribution in [2.45, 2.75) is 25.9 Å². The van der Waals surface area contributed by atoms with Gasteiger partial charge in [-0.15, -0.1) is 0 Å². The first kappa shape index (κ1) is 15.5. The molecular formula is C18H21N3O2. The van der Waals surface area contributed by atoms with Crippen LogP contribution in [0.4, 0.5) is 0 Å². The molecule has 120 valence electrons. The lowest BCUT2D eigenvalue weighted by Crippen LogP contribution is -2.33. The third-order valence-corrected chi connectivity index (χ3v) is 4.25. The topological polar surface area (TPSA) is 67.2 Å². The second kappa shape index (κ2) is 6.79. The van der Waals surface area contributed by atoms with Crippen LogP contribution in [-0.2, 0) is 6.54 Å². The summed E-state index contributed by atoms with van der Waals surface area (Å²) in [6.45, 7) is 2.68. The van der Waals surface area contributed by atoms with Crippen molar-refractivity contribution < 1.29 is 9.90 Å². The summed E-state index contributed by atoms with van der Waals surface area (Å²) in [5.74, 6) is 0.0252. The highest BCUT2D eigenvalue weighted by atomic mass is 16.3. The van der Waals surface area contributed by atoms with Crippen molar-refractivity contribution in [3.8, 4) is 0 Å². The SMILES string of the molecule is Cc1c(C(=O)N[C@@H]2C=C[C@H](CO)C2)cnn1Cc1ccccc1. The molecule has 1 aromatic heterocycles. The summed E-state index contributed by atoms with van der Waals surface area (Å²) in [5, 5.41) is 16.5. The minimum Gasteiger partial charge on any atom is -0.396 e. The molecule has 1 aliphatic carbocycles. The summed E-state index contributed by atoms with van der Waals surface area (Å²) in [6, 6.07) is 10.0. The van der Waals surface area contributed by atoms with E-state index in [-0.39, 0.29) is 24.5 Å². The molecule has 1 aliphatic rings. The van der Waals surface area contributed by atoms with Gasteiger partial charge < -0.3 is 10.4 Å². The van der Waals surface area contributed by atoms with Crippen molar-refractivity contribution in [2.75, 3.05) is 6.61 Å². The van der Waals surface area contributed by atoms with Crippen LogP contribution in [0, 0.1) is 12.8 Å². The number of rotatable bonds is 5. The number of aliphatic hydroxyl groups excluding tert-OH is 1. The van der Waals surface area contributed by atoms with Crippen molar-refractivity contribution in [3.63, 3.8) is 0 Å². The largest absolute Gasteiger partial charge is 0.396 e. The summed E-state index contributed by atoms with van der Waals surface area (Å²) in [4.78, 5) is 12.4. The molecule has 5 heteroatoms. The molecule has 0 aliphatic heterocycles. The van der Waals surface area contributed by atoms with Gasteiger partial charge in [-0.25, -0.2) is 0 Å². The van der Waals surface area contributed by atoms with E-state index in [1.807, 2.05) is 54.1 Å². The van der Waals surface area contributed by atoms with Crippen molar-refractivity contribution >= 4 is 5.91 Å². The Morgan fingerprint density at radius 3 is 2.83 bits per heavy atom. The highest BCUT2D eigenvalue weighted by Crippen LogP contribution is 2.18. The highest BCUT2D eigenvalue weighted by molar-refractivity contribution is 5.95. The first-order chi connectivity index (χ1) is 11.2. The highest BCUT2D eigenvalue weighted by Gasteiger charge is 2.22. The quantitative estimate of drug-likeness (QED) is 0.829. The predicted molar refractivity (Wildman–Crippen MR) is 88.1 cm³/mol. The average molecular weight is 311 g/mol. The Kier molecular flexibility index (Phi) is 4.57. The fraction of sp³-hybridized carbons (Fsp3) is 0.333. The van der Waals surface area contributed by atoms with Crippen LogP contribution in [0.5, 0.6) is 0 Å². The van der Waals surface area contributed by atoms with E-state index in [9.17, 15) is 4.79 Å². The molecule has 1 heterocycles. The molecule has 1 aromatic carbocycles. The normalized spacial score (nSPS) is 19.9. The molecule has 2 atom stereocenters. The summed E-state index contributed by atoms with van der Waals surface area (Å²) in [6.07, 6.45) is 6.27. The molecule has 0 fully saturated rings. The summed E-state index contributed by atoms with van der Waals surface area (Å²) in [7, 11) is 0. The molecule has 0 bridgehead atoms. The average Bonchev–Trinajstić information content (AvgIpc) is 3.16. The molecule has 23 heavy (non-hydrogen) atoms. The van der Waals surface area contributed by atoms with Crippen LogP contribution in [-0.4, -0.2) is 33.4 Å². The van der Waals surface area contributed by atoms with E-state index in [1.54, 1.807) is 6.20 Å². The van der Waals surface area contributed by atoms with Crippen molar-refractivity contribution in [3.05, 3.63) is 65.5 Å². The number of amides is 1. The van der Waals surface area contributed by atoms with Gasteiger partial charge in [0.15, 0.2) is 0 Å². The van der Waals surface area contributed by atoms with Crippen LogP contribution >= 0.6 is 0 Å². The third-order valence-electron chi connectivity index (χ3n) is 4.25. The third kappa shape index (κ3) is 3.51. The minimum atomic E-state index is -0.116. The van der Waals surface area contributed by atoms with Crippen LogP contribution in [0.3, 0.4) is 0 Å². The molecule has 0 saturated carbocycles. The van der Waals surface area contributed by atoms with Crippen LogP contribution in [0.1, 0.15) is 28.0 Å². The number of hydrogen-bond acceptors (Lipinski definition) is 3. The maximum absolute atomic E-state index is 12.4. The number of carbonyl (C=O) groups is 1. The van der Waals surface area contributed by atoms with E-state index in [4.69, 9.17) is 5.11 Å². The van der Waals surface area contributed by atoms with Crippen LogP contribution in [0.2, 0.25) is 0 Å². The number of aliphatic hydroxyl groups is 1. The van der Waals surface area contributed by atoms with Gasteiger partial charge in [0.1, 0.15) is 0 Å². The van der Waals surface area contributed by atoms with Gasteiger partial charge in [0, 0.05) is 24.3 Å². The lowest BCUT2D eigenvalue weighted by molar-refractivity contribution is 0.0940. The molecular weight excluding hydrogens is 290 g/mol. The Morgan fingerprint density at radius 2 is 2.13 bits per heavy atom. The molecule has 0 unspecified atom stereocenters. The molecule has 0 saturated heterocycles. The van der Waals surface area contributed by atoms with Crippen molar-refractivity contribution in [1.29, 1.82) is 0 Å². The van der Waals surface area contributed by atoms with Crippen LogP contribution in [0.15, 0.2) is 48.7 Å². The lowest BCUT2D eigenvalue weighted by Gasteiger charge is -2.12. The zero-order valence-corrected chi connectivity index (χ0v) is 13.1. The van der Waals surface area contributed by atoms with Gasteiger partial charge in [-0.1, -0.05) is 42.5 Å². The Balaban J connectivity index is 1.67. The number of carbonyl (C=O) groups excluding carboxylic acids is 1. The van der Waals surface area contributed by atoms with Gasteiger partial charge in [-0.05, 0) is 18.9 Å². The summed E-state index contributed by atoms with van der Waals surface area (Å²) in [5.41, 5.74) is 2.60. The van der Waals surface area contributed by atoms with Crippen molar-refractivity contribution in [2.24, 2.45) is 5.92 Å². The zero-order chi connectivity index (χ0) is 16.2. The van der Waals surface area contributed by atoms with E-state index in [0.29, 0.717) is 12.1 Å². The molecule has 0 spiro atoms. The summed E-state index contributed by atoms with van der Waals surface area (Å²) >= 11 is 0. The summed E-state index contributed by atoms with van der Waals surface area (Å²) < 4.78 is 1.84. The number of nitrogens with zero attached hydrogens (tertiary/aromatic N) is 2. The van der Waals surface area contributed by atoms with Gasteiger partial charge in [-0.2, -0.15) is 5.10 Å². The van der Waals surface area contributed by atoms with Gasteiger partial charge in [0.25, 0.3) is 5.91 Å². The van der Waals surface area contributed by atoms with Gasteiger partial charge >= 0.3 is 0 Å². The first-order valence-corrected chi connectivity index (χ1v) is 7.83. The maximum atomic E-state index is 12.4. The predicted octanol–water partition coefficient (Wildman–Crippen LogP) is 1.91. The van der Waals surface area contributed by atoms with E-state index in [0.717, 1.165) is 17.7 Å². The molecule has 1 amide bonds.